The van der Waals surface area contributed by atoms with Crippen molar-refractivity contribution >= 4 is 34.3 Å². The van der Waals surface area contributed by atoms with Crippen molar-refractivity contribution in [2.75, 3.05) is 12.3 Å². The number of carbonyl (C=O) groups excluding carboxylic acids is 1. The first-order valence-electron chi connectivity index (χ1n) is 9.46. The summed E-state index contributed by atoms with van der Waals surface area (Å²) in [6.07, 6.45) is 4.05. The van der Waals surface area contributed by atoms with Gasteiger partial charge in [-0.2, -0.15) is 0 Å². The zero-order valence-corrected chi connectivity index (χ0v) is 17.0. The van der Waals surface area contributed by atoms with Crippen LogP contribution in [0.25, 0.3) is 16.7 Å². The monoisotopic (exact) mass is 420 g/mol. The van der Waals surface area contributed by atoms with Gasteiger partial charge in [-0.15, -0.1) is 16.8 Å². The van der Waals surface area contributed by atoms with Gasteiger partial charge in [-0.3, -0.25) is 23.5 Å². The number of carbonyl (C=O) groups is 1. The molecule has 1 amide bonds. The molecule has 0 fully saturated rings. The number of nitrogens with zero attached hydrogens (tertiary/aromatic N) is 5. The minimum Gasteiger partial charge on any atom is -0.355 e. The summed E-state index contributed by atoms with van der Waals surface area (Å²) in [5.41, 5.74) is 1.50. The van der Waals surface area contributed by atoms with Gasteiger partial charge in [0.1, 0.15) is 0 Å². The van der Waals surface area contributed by atoms with E-state index in [0.717, 1.165) is 5.69 Å². The van der Waals surface area contributed by atoms with Crippen LogP contribution in [0.3, 0.4) is 0 Å². The number of amides is 1. The maximum Gasteiger partial charge on any atom is 0.263 e. The van der Waals surface area contributed by atoms with E-state index in [-0.39, 0.29) is 17.2 Å². The summed E-state index contributed by atoms with van der Waals surface area (Å²) in [6, 6.07) is 13.0. The van der Waals surface area contributed by atoms with Gasteiger partial charge in [-0.25, -0.2) is 0 Å². The van der Waals surface area contributed by atoms with Crippen LogP contribution in [-0.2, 0) is 17.8 Å². The highest BCUT2D eigenvalue weighted by Crippen LogP contribution is 2.21. The Morgan fingerprint density at radius 2 is 2.00 bits per heavy atom. The molecule has 0 aliphatic heterocycles. The topological polar surface area (TPSA) is 94.2 Å². The second kappa shape index (κ2) is 8.91. The molecule has 0 atom stereocenters. The number of aromatic nitrogens is 5. The largest absolute Gasteiger partial charge is 0.355 e. The summed E-state index contributed by atoms with van der Waals surface area (Å²) in [5.74, 6) is 0.519. The second-order valence-corrected chi connectivity index (χ2v) is 7.49. The van der Waals surface area contributed by atoms with Gasteiger partial charge in [-0.1, -0.05) is 36.0 Å². The molecule has 1 N–H and O–H groups in total. The second-order valence-electron chi connectivity index (χ2n) is 6.55. The van der Waals surface area contributed by atoms with Crippen molar-refractivity contribution < 1.29 is 4.79 Å². The molecule has 30 heavy (non-hydrogen) atoms. The van der Waals surface area contributed by atoms with Crippen LogP contribution < -0.4 is 10.9 Å². The number of hydrogen-bond donors (Lipinski definition) is 1. The van der Waals surface area contributed by atoms with E-state index in [0.29, 0.717) is 41.3 Å². The third kappa shape index (κ3) is 3.97. The Hall–Kier alpha value is -3.46. The van der Waals surface area contributed by atoms with Crippen molar-refractivity contribution in [2.24, 2.45) is 0 Å². The number of para-hydroxylation sites is 1. The molecule has 9 heteroatoms. The Balaban J connectivity index is 1.53. The van der Waals surface area contributed by atoms with Crippen molar-refractivity contribution in [2.45, 2.75) is 18.1 Å². The molecule has 0 saturated heterocycles. The molecule has 8 nitrogen and oxygen atoms in total. The van der Waals surface area contributed by atoms with Crippen LogP contribution in [0.15, 0.2) is 71.3 Å². The standard InChI is InChI=1S/C21H20N6O2S/c1-2-13-26-19(29)16-8-3-4-9-17(16)27-20(26)24-25-21(27)30-14-18(28)23-12-10-15-7-5-6-11-22-15/h2-9,11H,1,10,12-14H2,(H,23,28). The van der Waals surface area contributed by atoms with Gasteiger partial charge in [0.25, 0.3) is 5.56 Å². The minimum atomic E-state index is -0.144. The normalized spacial score (nSPS) is 11.1. The number of fused-ring (bicyclic) bond motifs is 3. The number of thioether (sulfide) groups is 1. The lowest BCUT2D eigenvalue weighted by Gasteiger charge is -2.09. The van der Waals surface area contributed by atoms with E-state index in [9.17, 15) is 9.59 Å². The van der Waals surface area contributed by atoms with Crippen LogP contribution in [0.4, 0.5) is 0 Å². The first-order chi connectivity index (χ1) is 14.7. The molecule has 0 radical (unpaired) electrons. The number of hydrogen-bond acceptors (Lipinski definition) is 6. The van der Waals surface area contributed by atoms with Gasteiger partial charge in [0.2, 0.25) is 11.7 Å². The molecule has 3 heterocycles. The fraction of sp³-hybridized carbons (Fsp3) is 0.190. The molecule has 4 rings (SSSR count). The van der Waals surface area contributed by atoms with E-state index < -0.39 is 0 Å². The van der Waals surface area contributed by atoms with Crippen LogP contribution in [-0.4, -0.2) is 42.4 Å². The van der Waals surface area contributed by atoms with Crippen LogP contribution >= 0.6 is 11.8 Å². The van der Waals surface area contributed by atoms with Crippen molar-refractivity contribution in [3.05, 3.63) is 77.4 Å². The molecular formula is C21H20N6O2S. The van der Waals surface area contributed by atoms with E-state index >= 15 is 0 Å². The maximum atomic E-state index is 12.8. The molecule has 0 spiro atoms. The SMILES string of the molecule is C=CCn1c(=O)c2ccccc2n2c(SCC(=O)NCCc3ccccn3)nnc12. The van der Waals surface area contributed by atoms with Crippen molar-refractivity contribution in [1.29, 1.82) is 0 Å². The predicted octanol–water partition coefficient (Wildman–Crippen LogP) is 2.08. The van der Waals surface area contributed by atoms with Crippen molar-refractivity contribution in [3.63, 3.8) is 0 Å². The molecule has 3 aromatic heterocycles. The molecule has 152 valence electrons. The van der Waals surface area contributed by atoms with Crippen LogP contribution in [0.1, 0.15) is 5.69 Å². The fourth-order valence-electron chi connectivity index (χ4n) is 3.18. The van der Waals surface area contributed by atoms with Gasteiger partial charge in [-0.05, 0) is 24.3 Å². The minimum absolute atomic E-state index is 0.101. The van der Waals surface area contributed by atoms with Gasteiger partial charge in [0, 0.05) is 31.4 Å². The van der Waals surface area contributed by atoms with E-state index in [4.69, 9.17) is 0 Å². The highest BCUT2D eigenvalue weighted by molar-refractivity contribution is 7.99. The van der Waals surface area contributed by atoms with Crippen molar-refractivity contribution in [1.82, 2.24) is 29.5 Å². The zero-order chi connectivity index (χ0) is 20.9. The van der Waals surface area contributed by atoms with E-state index in [1.54, 1.807) is 18.3 Å². The lowest BCUT2D eigenvalue weighted by molar-refractivity contribution is -0.118. The van der Waals surface area contributed by atoms with Gasteiger partial charge in [0.05, 0.1) is 16.7 Å². The number of rotatable bonds is 8. The summed E-state index contributed by atoms with van der Waals surface area (Å²) in [7, 11) is 0. The van der Waals surface area contributed by atoms with E-state index in [1.807, 2.05) is 40.8 Å². The summed E-state index contributed by atoms with van der Waals surface area (Å²) >= 11 is 1.28. The third-order valence-electron chi connectivity index (χ3n) is 4.55. The number of nitrogens with one attached hydrogen (secondary N) is 1. The Kier molecular flexibility index (Phi) is 5.89. The average Bonchev–Trinajstić information content (AvgIpc) is 3.20. The lowest BCUT2D eigenvalue weighted by atomic mass is 10.2. The Morgan fingerprint density at radius 1 is 1.17 bits per heavy atom. The molecule has 0 saturated carbocycles. The molecule has 0 aliphatic carbocycles. The maximum absolute atomic E-state index is 12.8. The molecule has 4 aromatic rings. The predicted molar refractivity (Wildman–Crippen MR) is 117 cm³/mol. The Bertz CT molecular complexity index is 1270. The Morgan fingerprint density at radius 3 is 2.80 bits per heavy atom. The molecule has 0 bridgehead atoms. The lowest BCUT2D eigenvalue weighted by Crippen LogP contribution is -2.27. The molecule has 0 unspecified atom stereocenters. The van der Waals surface area contributed by atoms with Crippen LogP contribution in [0.5, 0.6) is 0 Å². The van der Waals surface area contributed by atoms with E-state index in [2.05, 4.69) is 27.1 Å². The zero-order valence-electron chi connectivity index (χ0n) is 16.2. The summed E-state index contributed by atoms with van der Waals surface area (Å²) in [6.45, 7) is 4.56. The fourth-order valence-corrected chi connectivity index (χ4v) is 3.95. The van der Waals surface area contributed by atoms with Crippen LogP contribution in [0, 0.1) is 0 Å². The highest BCUT2D eigenvalue weighted by atomic mass is 32.2. The van der Waals surface area contributed by atoms with Crippen LogP contribution in [0.2, 0.25) is 0 Å². The smallest absolute Gasteiger partial charge is 0.263 e. The highest BCUT2D eigenvalue weighted by Gasteiger charge is 2.17. The average molecular weight is 420 g/mol. The van der Waals surface area contributed by atoms with Crippen molar-refractivity contribution in [3.8, 4) is 0 Å². The van der Waals surface area contributed by atoms with E-state index in [1.165, 1.54) is 16.3 Å². The number of allylic oxidation sites excluding steroid dienone is 1. The number of benzene rings is 1. The first kappa shape index (κ1) is 19.8. The quantitative estimate of drug-likeness (QED) is 0.346. The van der Waals surface area contributed by atoms with Gasteiger partial charge < -0.3 is 5.32 Å². The first-order valence-corrected chi connectivity index (χ1v) is 10.4. The Labute approximate surface area is 176 Å². The summed E-state index contributed by atoms with van der Waals surface area (Å²) in [5, 5.41) is 12.4. The molecular weight excluding hydrogens is 400 g/mol. The molecule has 0 aliphatic rings. The van der Waals surface area contributed by atoms with Gasteiger partial charge in [0.15, 0.2) is 5.16 Å². The third-order valence-corrected chi connectivity index (χ3v) is 5.48. The van der Waals surface area contributed by atoms with Gasteiger partial charge >= 0.3 is 0 Å². The molecule has 1 aromatic carbocycles. The summed E-state index contributed by atoms with van der Waals surface area (Å²) in [4.78, 5) is 29.3. The number of pyridine rings is 1. The summed E-state index contributed by atoms with van der Waals surface area (Å²) < 4.78 is 3.34.